The van der Waals surface area contributed by atoms with E-state index >= 15 is 0 Å². The molecular weight excluding hydrogens is 524 g/mol. The van der Waals surface area contributed by atoms with Gasteiger partial charge in [-0.3, -0.25) is 0 Å². The summed E-state index contributed by atoms with van der Waals surface area (Å²) < 4.78 is 6.26. The third-order valence-corrected chi connectivity index (χ3v) is 8.46. The molecule has 0 radical (unpaired) electrons. The van der Waals surface area contributed by atoms with Gasteiger partial charge in [-0.15, -0.1) is 0 Å². The molecule has 2 heterocycles. The highest BCUT2D eigenvalue weighted by Crippen LogP contribution is 2.40. The first-order valence-corrected chi connectivity index (χ1v) is 14.5. The third-order valence-electron chi connectivity index (χ3n) is 8.46. The molecule has 0 atom stereocenters. The standard InChI is InChI=1S/C40H24N2O/c1-2-11-26(12-3-1)40-41-35(28-19-20-32-31-16-8-9-17-37(31)43-38(32)23-28)24-36(42-40)39-30-15-7-5-13-27(30)22-34-29-14-6-4-10-25(29)18-21-33(34)39/h1-24H. The van der Waals surface area contributed by atoms with Gasteiger partial charge in [-0.05, 0) is 62.6 Å². The van der Waals surface area contributed by atoms with E-state index in [4.69, 9.17) is 14.4 Å². The van der Waals surface area contributed by atoms with E-state index in [-0.39, 0.29) is 0 Å². The van der Waals surface area contributed by atoms with Gasteiger partial charge in [0, 0.05) is 27.5 Å². The van der Waals surface area contributed by atoms with Crippen molar-refractivity contribution in [3.05, 3.63) is 146 Å². The van der Waals surface area contributed by atoms with Crippen molar-refractivity contribution in [2.75, 3.05) is 0 Å². The SMILES string of the molecule is c1ccc(-c2nc(-c3ccc4c(c3)oc3ccccc34)cc(-c3c4ccccc4cc4c3ccc3ccccc34)n2)cc1. The normalized spacial score (nSPS) is 11.7. The Bertz CT molecular complexity index is 2510. The molecule has 2 aromatic heterocycles. The molecule has 7 aromatic carbocycles. The summed E-state index contributed by atoms with van der Waals surface area (Å²) in [4.78, 5) is 10.4. The molecule has 9 aromatic rings. The van der Waals surface area contributed by atoms with Crippen LogP contribution in [0.15, 0.2) is 150 Å². The van der Waals surface area contributed by atoms with Crippen LogP contribution in [0.2, 0.25) is 0 Å². The zero-order chi connectivity index (χ0) is 28.3. The third kappa shape index (κ3) is 3.83. The minimum absolute atomic E-state index is 0.694. The number of hydrogen-bond acceptors (Lipinski definition) is 3. The van der Waals surface area contributed by atoms with Gasteiger partial charge >= 0.3 is 0 Å². The van der Waals surface area contributed by atoms with E-state index in [2.05, 4.69) is 109 Å². The summed E-state index contributed by atoms with van der Waals surface area (Å²) in [6.45, 7) is 0. The average molecular weight is 549 g/mol. The van der Waals surface area contributed by atoms with Crippen molar-refractivity contribution in [2.24, 2.45) is 0 Å². The van der Waals surface area contributed by atoms with Gasteiger partial charge in [0.1, 0.15) is 11.2 Å². The molecule has 0 saturated heterocycles. The molecule has 9 rings (SSSR count). The largest absolute Gasteiger partial charge is 0.456 e. The first kappa shape index (κ1) is 23.9. The van der Waals surface area contributed by atoms with Crippen LogP contribution in [0.5, 0.6) is 0 Å². The first-order valence-electron chi connectivity index (χ1n) is 14.5. The summed E-state index contributed by atoms with van der Waals surface area (Å²) in [5.74, 6) is 0.694. The van der Waals surface area contributed by atoms with Gasteiger partial charge in [-0.2, -0.15) is 0 Å². The molecule has 0 aliphatic carbocycles. The molecule has 0 N–H and O–H groups in total. The molecule has 0 bridgehead atoms. The Hall–Kier alpha value is -5.80. The van der Waals surface area contributed by atoms with Gasteiger partial charge in [0.05, 0.1) is 11.4 Å². The van der Waals surface area contributed by atoms with Crippen molar-refractivity contribution < 1.29 is 4.42 Å². The fourth-order valence-electron chi connectivity index (χ4n) is 6.42. The Morgan fingerprint density at radius 2 is 1.05 bits per heavy atom. The number of nitrogens with zero attached hydrogens (tertiary/aromatic N) is 2. The summed E-state index contributed by atoms with van der Waals surface area (Å²) in [6.07, 6.45) is 0. The van der Waals surface area contributed by atoms with Crippen molar-refractivity contribution in [2.45, 2.75) is 0 Å². The van der Waals surface area contributed by atoms with E-state index in [1.807, 2.05) is 36.4 Å². The highest BCUT2D eigenvalue weighted by Gasteiger charge is 2.17. The second-order valence-corrected chi connectivity index (χ2v) is 11.0. The van der Waals surface area contributed by atoms with E-state index in [9.17, 15) is 0 Å². The second-order valence-electron chi connectivity index (χ2n) is 11.0. The van der Waals surface area contributed by atoms with Crippen LogP contribution in [-0.2, 0) is 0 Å². The fourth-order valence-corrected chi connectivity index (χ4v) is 6.42. The quantitative estimate of drug-likeness (QED) is 0.163. The predicted octanol–water partition coefficient (Wildman–Crippen LogP) is 10.8. The fraction of sp³-hybridized carbons (Fsp3) is 0. The van der Waals surface area contributed by atoms with Crippen molar-refractivity contribution in [3.8, 4) is 33.9 Å². The lowest BCUT2D eigenvalue weighted by molar-refractivity contribution is 0.669. The zero-order valence-electron chi connectivity index (χ0n) is 23.2. The van der Waals surface area contributed by atoms with E-state index < -0.39 is 0 Å². The monoisotopic (exact) mass is 548 g/mol. The molecule has 0 saturated carbocycles. The minimum Gasteiger partial charge on any atom is -0.456 e. The lowest BCUT2D eigenvalue weighted by Crippen LogP contribution is -1.97. The minimum atomic E-state index is 0.694. The topological polar surface area (TPSA) is 38.9 Å². The van der Waals surface area contributed by atoms with Gasteiger partial charge in [0.2, 0.25) is 0 Å². The summed E-state index contributed by atoms with van der Waals surface area (Å²) >= 11 is 0. The van der Waals surface area contributed by atoms with Crippen molar-refractivity contribution in [1.29, 1.82) is 0 Å². The number of fused-ring (bicyclic) bond motifs is 7. The lowest BCUT2D eigenvalue weighted by Gasteiger charge is -2.15. The van der Waals surface area contributed by atoms with Gasteiger partial charge in [0.15, 0.2) is 5.82 Å². The van der Waals surface area contributed by atoms with Crippen LogP contribution in [0.3, 0.4) is 0 Å². The van der Waals surface area contributed by atoms with Crippen LogP contribution >= 0.6 is 0 Å². The molecule has 0 spiro atoms. The van der Waals surface area contributed by atoms with Gasteiger partial charge in [0.25, 0.3) is 0 Å². The predicted molar refractivity (Wildman–Crippen MR) is 178 cm³/mol. The van der Waals surface area contributed by atoms with Crippen LogP contribution in [0, 0.1) is 0 Å². The van der Waals surface area contributed by atoms with Crippen LogP contribution in [-0.4, -0.2) is 9.97 Å². The van der Waals surface area contributed by atoms with E-state index in [1.165, 1.54) is 32.3 Å². The first-order chi connectivity index (χ1) is 21.3. The van der Waals surface area contributed by atoms with Crippen molar-refractivity contribution in [3.63, 3.8) is 0 Å². The van der Waals surface area contributed by atoms with Crippen molar-refractivity contribution in [1.82, 2.24) is 9.97 Å². The van der Waals surface area contributed by atoms with Crippen molar-refractivity contribution >= 4 is 54.3 Å². The van der Waals surface area contributed by atoms with Crippen LogP contribution in [0.1, 0.15) is 0 Å². The highest BCUT2D eigenvalue weighted by molar-refractivity contribution is 6.19. The summed E-state index contributed by atoms with van der Waals surface area (Å²) in [7, 11) is 0. The maximum Gasteiger partial charge on any atom is 0.160 e. The Kier molecular flexibility index (Phi) is 5.20. The van der Waals surface area contributed by atoms with E-state index in [0.29, 0.717) is 5.82 Å². The second kappa shape index (κ2) is 9.37. The van der Waals surface area contributed by atoms with Gasteiger partial charge in [-0.1, -0.05) is 115 Å². The molecule has 0 amide bonds. The highest BCUT2D eigenvalue weighted by atomic mass is 16.3. The molecule has 0 unspecified atom stereocenters. The number of aromatic nitrogens is 2. The molecule has 0 aliphatic rings. The molecule has 200 valence electrons. The smallest absolute Gasteiger partial charge is 0.160 e. The molecule has 0 aliphatic heterocycles. The average Bonchev–Trinajstić information content (AvgIpc) is 3.45. The van der Waals surface area contributed by atoms with Gasteiger partial charge in [-0.25, -0.2) is 9.97 Å². The number of benzene rings is 7. The van der Waals surface area contributed by atoms with E-state index in [0.717, 1.165) is 50.0 Å². The Morgan fingerprint density at radius 1 is 0.372 bits per heavy atom. The Morgan fingerprint density at radius 3 is 1.93 bits per heavy atom. The number of hydrogen-bond donors (Lipinski definition) is 0. The molecule has 3 heteroatoms. The Balaban J connectivity index is 1.36. The summed E-state index contributed by atoms with van der Waals surface area (Å²) in [5.41, 5.74) is 6.57. The van der Waals surface area contributed by atoms with E-state index in [1.54, 1.807) is 0 Å². The summed E-state index contributed by atoms with van der Waals surface area (Å²) in [6, 6.07) is 50.9. The molecule has 3 nitrogen and oxygen atoms in total. The molecule has 0 fully saturated rings. The summed E-state index contributed by atoms with van der Waals surface area (Å²) in [5, 5.41) is 9.43. The zero-order valence-corrected chi connectivity index (χ0v) is 23.2. The molecular formula is C40H24N2O. The Labute approximate surface area is 247 Å². The lowest BCUT2D eigenvalue weighted by atomic mass is 9.91. The van der Waals surface area contributed by atoms with Gasteiger partial charge < -0.3 is 4.42 Å². The number of rotatable bonds is 3. The number of para-hydroxylation sites is 1. The van der Waals surface area contributed by atoms with Crippen LogP contribution < -0.4 is 0 Å². The number of furan rings is 1. The van der Waals surface area contributed by atoms with Crippen LogP contribution in [0.4, 0.5) is 0 Å². The molecule has 43 heavy (non-hydrogen) atoms. The maximum absolute atomic E-state index is 6.26. The maximum atomic E-state index is 6.26. The van der Waals surface area contributed by atoms with Crippen LogP contribution in [0.25, 0.3) is 88.2 Å².